The average molecular weight is 353 g/mol. The Kier molecular flexibility index (Phi) is 5.64. The van der Waals surface area contributed by atoms with Crippen LogP contribution >= 0.6 is 0 Å². The van der Waals surface area contributed by atoms with Crippen LogP contribution in [0.3, 0.4) is 0 Å². The molecule has 1 aromatic carbocycles. The molecule has 0 aliphatic heterocycles. The van der Waals surface area contributed by atoms with E-state index in [9.17, 15) is 18.0 Å². The first-order chi connectivity index (χ1) is 11.3. The molecule has 2 N–H and O–H groups in total. The summed E-state index contributed by atoms with van der Waals surface area (Å²) in [4.78, 5) is 23.6. The van der Waals surface area contributed by atoms with Gasteiger partial charge in [0.1, 0.15) is 0 Å². The summed E-state index contributed by atoms with van der Waals surface area (Å²) in [6, 6.07) is 6.26. The molecule has 0 spiro atoms. The summed E-state index contributed by atoms with van der Waals surface area (Å²) in [7, 11) is -3.25. The van der Waals surface area contributed by atoms with E-state index >= 15 is 0 Å². The van der Waals surface area contributed by atoms with Gasteiger partial charge in [0.15, 0.2) is 9.84 Å². The van der Waals surface area contributed by atoms with Crippen molar-refractivity contribution in [2.45, 2.75) is 55.9 Å². The molecule has 1 fully saturated rings. The van der Waals surface area contributed by atoms with Crippen molar-refractivity contribution < 1.29 is 23.1 Å². The molecule has 7 heteroatoms. The lowest BCUT2D eigenvalue weighted by Crippen LogP contribution is -2.48. The molecule has 0 unspecified atom stereocenters. The second-order valence-corrected chi connectivity index (χ2v) is 8.61. The molecule has 0 saturated heterocycles. The van der Waals surface area contributed by atoms with Gasteiger partial charge in [-0.3, -0.25) is 9.59 Å². The molecule has 132 valence electrons. The minimum Gasteiger partial charge on any atom is -0.481 e. The van der Waals surface area contributed by atoms with Crippen LogP contribution in [0.25, 0.3) is 0 Å². The molecule has 0 heterocycles. The number of nitrogens with one attached hydrogen (secondary N) is 1. The van der Waals surface area contributed by atoms with E-state index in [-0.39, 0.29) is 29.4 Å². The Labute approximate surface area is 142 Å². The van der Waals surface area contributed by atoms with Crippen molar-refractivity contribution in [2.75, 3.05) is 5.75 Å². The van der Waals surface area contributed by atoms with Crippen LogP contribution in [-0.4, -0.2) is 36.7 Å². The summed E-state index contributed by atoms with van der Waals surface area (Å²) < 4.78 is 23.5. The number of hydrogen-bond donors (Lipinski definition) is 2. The number of carbonyl (C=O) groups is 2. The van der Waals surface area contributed by atoms with Gasteiger partial charge in [-0.2, -0.15) is 0 Å². The molecule has 0 radical (unpaired) electrons. The van der Waals surface area contributed by atoms with Gasteiger partial charge in [0.25, 0.3) is 0 Å². The SMILES string of the molecule is CCS(=O)(=O)c1ccc(CC(=O)NC2(CC(=O)O)CCCC2)cc1. The molecule has 1 aliphatic carbocycles. The third-order valence-electron chi connectivity index (χ3n) is 4.48. The van der Waals surface area contributed by atoms with Gasteiger partial charge in [0.05, 0.1) is 29.0 Å². The van der Waals surface area contributed by atoms with Crippen LogP contribution < -0.4 is 5.32 Å². The summed E-state index contributed by atoms with van der Waals surface area (Å²) in [6.45, 7) is 1.58. The lowest BCUT2D eigenvalue weighted by molar-refractivity contribution is -0.139. The van der Waals surface area contributed by atoms with Gasteiger partial charge in [-0.05, 0) is 30.5 Å². The molecule has 24 heavy (non-hydrogen) atoms. The van der Waals surface area contributed by atoms with Gasteiger partial charge >= 0.3 is 5.97 Å². The van der Waals surface area contributed by atoms with E-state index in [1.165, 1.54) is 12.1 Å². The third kappa shape index (κ3) is 4.56. The van der Waals surface area contributed by atoms with E-state index in [1.54, 1.807) is 19.1 Å². The number of carboxylic acid groups (broad SMARTS) is 1. The lowest BCUT2D eigenvalue weighted by Gasteiger charge is -2.28. The van der Waals surface area contributed by atoms with Gasteiger partial charge in [-0.25, -0.2) is 8.42 Å². The van der Waals surface area contributed by atoms with Crippen molar-refractivity contribution in [3.05, 3.63) is 29.8 Å². The molecule has 1 saturated carbocycles. The predicted octanol–water partition coefficient (Wildman–Crippen LogP) is 1.93. The van der Waals surface area contributed by atoms with Gasteiger partial charge < -0.3 is 10.4 Å². The number of carboxylic acids is 1. The fraction of sp³-hybridized carbons (Fsp3) is 0.529. The quantitative estimate of drug-likeness (QED) is 0.780. The number of amides is 1. The van der Waals surface area contributed by atoms with E-state index in [1.807, 2.05) is 0 Å². The lowest BCUT2D eigenvalue weighted by atomic mass is 9.92. The highest BCUT2D eigenvalue weighted by Gasteiger charge is 2.37. The molecular formula is C17H23NO5S. The second-order valence-electron chi connectivity index (χ2n) is 6.33. The topological polar surface area (TPSA) is 101 Å². The Morgan fingerprint density at radius 1 is 1.17 bits per heavy atom. The van der Waals surface area contributed by atoms with E-state index in [2.05, 4.69) is 5.32 Å². The molecule has 1 amide bonds. The van der Waals surface area contributed by atoms with Crippen molar-refractivity contribution in [2.24, 2.45) is 0 Å². The fourth-order valence-corrected chi connectivity index (χ4v) is 4.08. The Bertz CT molecular complexity index is 703. The second kappa shape index (κ2) is 7.34. The van der Waals surface area contributed by atoms with Gasteiger partial charge in [0, 0.05) is 0 Å². The minimum atomic E-state index is -3.25. The maximum atomic E-state index is 12.3. The molecule has 6 nitrogen and oxygen atoms in total. The van der Waals surface area contributed by atoms with E-state index < -0.39 is 21.3 Å². The highest BCUT2D eigenvalue weighted by atomic mass is 32.2. The van der Waals surface area contributed by atoms with E-state index in [4.69, 9.17) is 5.11 Å². The molecule has 0 bridgehead atoms. The number of rotatable bonds is 7. The van der Waals surface area contributed by atoms with Gasteiger partial charge in [-0.1, -0.05) is 31.9 Å². The maximum absolute atomic E-state index is 12.3. The first-order valence-corrected chi connectivity index (χ1v) is 9.76. The molecule has 0 aromatic heterocycles. The van der Waals surface area contributed by atoms with Crippen LogP contribution in [0.5, 0.6) is 0 Å². The zero-order chi connectivity index (χ0) is 17.8. The highest BCUT2D eigenvalue weighted by Crippen LogP contribution is 2.32. The van der Waals surface area contributed by atoms with Crippen LogP contribution in [0, 0.1) is 0 Å². The van der Waals surface area contributed by atoms with Crippen LogP contribution in [-0.2, 0) is 25.8 Å². The zero-order valence-electron chi connectivity index (χ0n) is 13.7. The van der Waals surface area contributed by atoms with Crippen LogP contribution in [0.2, 0.25) is 0 Å². The fourth-order valence-electron chi connectivity index (χ4n) is 3.19. The van der Waals surface area contributed by atoms with Gasteiger partial charge in [-0.15, -0.1) is 0 Å². The largest absolute Gasteiger partial charge is 0.481 e. The Hall–Kier alpha value is -1.89. The molecule has 1 aromatic rings. The molecule has 0 atom stereocenters. The number of hydrogen-bond acceptors (Lipinski definition) is 4. The van der Waals surface area contributed by atoms with Crippen LogP contribution in [0.4, 0.5) is 0 Å². The van der Waals surface area contributed by atoms with Crippen molar-refractivity contribution in [1.29, 1.82) is 0 Å². The summed E-state index contributed by atoms with van der Waals surface area (Å²) >= 11 is 0. The minimum absolute atomic E-state index is 0.0323. The van der Waals surface area contributed by atoms with Crippen LogP contribution in [0.1, 0.15) is 44.6 Å². The average Bonchev–Trinajstić information content (AvgIpc) is 2.94. The summed E-state index contributed by atoms with van der Waals surface area (Å²) in [5, 5.41) is 12.0. The highest BCUT2D eigenvalue weighted by molar-refractivity contribution is 7.91. The number of benzene rings is 1. The first-order valence-electron chi connectivity index (χ1n) is 8.11. The monoisotopic (exact) mass is 353 g/mol. The number of carbonyl (C=O) groups excluding carboxylic acids is 1. The third-order valence-corrected chi connectivity index (χ3v) is 6.23. The van der Waals surface area contributed by atoms with E-state index in [0.717, 1.165) is 12.8 Å². The standard InChI is InChI=1S/C17H23NO5S/c1-2-24(22,23)14-7-5-13(6-8-14)11-15(19)18-17(12-16(20)21)9-3-4-10-17/h5-8H,2-4,9-12H2,1H3,(H,18,19)(H,20,21). The van der Waals surface area contributed by atoms with Crippen molar-refractivity contribution >= 4 is 21.7 Å². The predicted molar refractivity (Wildman–Crippen MR) is 89.5 cm³/mol. The summed E-state index contributed by atoms with van der Waals surface area (Å²) in [6.07, 6.45) is 3.23. The smallest absolute Gasteiger partial charge is 0.305 e. The Morgan fingerprint density at radius 2 is 1.75 bits per heavy atom. The van der Waals surface area contributed by atoms with Crippen molar-refractivity contribution in [3.8, 4) is 0 Å². The van der Waals surface area contributed by atoms with E-state index in [0.29, 0.717) is 18.4 Å². The van der Waals surface area contributed by atoms with Crippen molar-refractivity contribution in [3.63, 3.8) is 0 Å². The molecule has 1 aliphatic rings. The zero-order valence-corrected chi connectivity index (χ0v) is 14.6. The number of aliphatic carboxylic acids is 1. The van der Waals surface area contributed by atoms with Gasteiger partial charge in [0.2, 0.25) is 5.91 Å². The number of sulfone groups is 1. The van der Waals surface area contributed by atoms with Crippen LogP contribution in [0.15, 0.2) is 29.2 Å². The molecule has 2 rings (SSSR count). The normalized spacial score (nSPS) is 16.7. The first kappa shape index (κ1) is 18.4. The summed E-state index contributed by atoms with van der Waals surface area (Å²) in [5.41, 5.74) is 0.0556. The molecular weight excluding hydrogens is 330 g/mol. The summed E-state index contributed by atoms with van der Waals surface area (Å²) in [5.74, 6) is -1.11. The Balaban J connectivity index is 2.03. The maximum Gasteiger partial charge on any atom is 0.305 e. The Morgan fingerprint density at radius 3 is 2.25 bits per heavy atom. The van der Waals surface area contributed by atoms with Crippen molar-refractivity contribution in [1.82, 2.24) is 5.32 Å².